The molecule has 1 aromatic rings. The van der Waals surface area contributed by atoms with Gasteiger partial charge in [0.25, 0.3) is 0 Å². The van der Waals surface area contributed by atoms with Crippen molar-refractivity contribution in [1.82, 2.24) is 15.0 Å². The predicted octanol–water partition coefficient (Wildman–Crippen LogP) is 1.15. The lowest BCUT2D eigenvalue weighted by Crippen LogP contribution is -2.33. The first-order valence-electron chi connectivity index (χ1n) is 5.89. The van der Waals surface area contributed by atoms with Crippen LogP contribution in [-0.2, 0) is 17.3 Å². The molecule has 5 nitrogen and oxygen atoms in total. The monoisotopic (exact) mass is 257 g/mol. The van der Waals surface area contributed by atoms with E-state index in [9.17, 15) is 4.21 Å². The maximum absolute atomic E-state index is 11.1. The van der Waals surface area contributed by atoms with Crippen molar-refractivity contribution in [2.24, 2.45) is 0 Å². The Morgan fingerprint density at radius 2 is 2.29 bits per heavy atom. The quantitative estimate of drug-likeness (QED) is 0.765. The van der Waals surface area contributed by atoms with Crippen LogP contribution in [0.4, 0.5) is 0 Å². The third-order valence-corrected chi connectivity index (χ3v) is 3.98. The van der Waals surface area contributed by atoms with Crippen LogP contribution in [0, 0.1) is 0 Å². The van der Waals surface area contributed by atoms with Crippen LogP contribution in [-0.4, -0.2) is 44.3 Å². The van der Waals surface area contributed by atoms with Crippen molar-refractivity contribution in [1.29, 1.82) is 0 Å². The van der Waals surface area contributed by atoms with E-state index in [0.29, 0.717) is 18.2 Å². The van der Waals surface area contributed by atoms with Crippen LogP contribution < -0.4 is 0 Å². The Morgan fingerprint density at radius 1 is 1.59 bits per heavy atom. The van der Waals surface area contributed by atoms with Crippen LogP contribution in [0.15, 0.2) is 4.52 Å². The molecule has 0 aromatic carbocycles. The van der Waals surface area contributed by atoms with E-state index in [-0.39, 0.29) is 6.04 Å². The van der Waals surface area contributed by atoms with Crippen molar-refractivity contribution >= 4 is 10.8 Å². The summed E-state index contributed by atoms with van der Waals surface area (Å²) in [7, 11) is 1.22. The van der Waals surface area contributed by atoms with E-state index >= 15 is 0 Å². The van der Waals surface area contributed by atoms with Gasteiger partial charge in [-0.05, 0) is 26.8 Å². The highest BCUT2D eigenvalue weighted by Gasteiger charge is 2.29. The molecule has 1 aliphatic rings. The number of hydrogen-bond donors (Lipinski definition) is 0. The Labute approximate surface area is 104 Å². The Bertz CT molecular complexity index is 403. The Morgan fingerprint density at radius 3 is 2.88 bits per heavy atom. The van der Waals surface area contributed by atoms with E-state index < -0.39 is 10.8 Å². The molecule has 0 saturated heterocycles. The molecule has 1 fully saturated rings. The summed E-state index contributed by atoms with van der Waals surface area (Å²) >= 11 is 0. The lowest BCUT2D eigenvalue weighted by atomic mass is 10.3. The van der Waals surface area contributed by atoms with E-state index in [2.05, 4.69) is 22.0 Å². The highest BCUT2D eigenvalue weighted by Crippen LogP contribution is 2.38. The Balaban J connectivity index is 1.87. The molecule has 1 saturated carbocycles. The fourth-order valence-electron chi connectivity index (χ4n) is 1.67. The first-order valence-corrected chi connectivity index (χ1v) is 7.61. The van der Waals surface area contributed by atoms with E-state index in [4.69, 9.17) is 4.52 Å². The minimum atomic E-state index is -0.772. The minimum Gasteiger partial charge on any atom is -0.339 e. The molecule has 17 heavy (non-hydrogen) atoms. The Hall–Kier alpha value is -0.750. The van der Waals surface area contributed by atoms with Gasteiger partial charge in [0.15, 0.2) is 5.82 Å². The summed E-state index contributed by atoms with van der Waals surface area (Å²) in [5.74, 6) is 2.68. The molecule has 0 N–H and O–H groups in total. The van der Waals surface area contributed by atoms with Crippen LogP contribution in [0.1, 0.15) is 37.4 Å². The number of nitrogens with zero attached hydrogens (tertiary/aromatic N) is 3. The largest absolute Gasteiger partial charge is 0.339 e. The summed E-state index contributed by atoms with van der Waals surface area (Å²) < 4.78 is 16.3. The number of hydrogen-bond acceptors (Lipinski definition) is 5. The molecule has 1 aromatic heterocycles. The Kier molecular flexibility index (Phi) is 3.93. The van der Waals surface area contributed by atoms with Crippen molar-refractivity contribution in [3.8, 4) is 0 Å². The summed E-state index contributed by atoms with van der Waals surface area (Å²) in [6, 6.07) is 0.253. The minimum absolute atomic E-state index is 0.253. The zero-order valence-electron chi connectivity index (χ0n) is 10.5. The van der Waals surface area contributed by atoms with Gasteiger partial charge < -0.3 is 4.52 Å². The topological polar surface area (TPSA) is 59.2 Å². The SMILES string of the molecule is C[C@H](C[S@@](C)=O)N(C)Cc1noc(C2CC2)n1. The normalized spacial score (nSPS) is 19.5. The van der Waals surface area contributed by atoms with Crippen LogP contribution in [0.2, 0.25) is 0 Å². The second-order valence-corrected chi connectivity index (χ2v) is 6.31. The molecule has 2 atom stereocenters. The molecule has 1 heterocycles. The first-order chi connectivity index (χ1) is 8.06. The van der Waals surface area contributed by atoms with E-state index in [1.807, 2.05) is 7.05 Å². The molecule has 0 radical (unpaired) electrons. The lowest BCUT2D eigenvalue weighted by Gasteiger charge is -2.21. The smallest absolute Gasteiger partial charge is 0.229 e. The van der Waals surface area contributed by atoms with Gasteiger partial charge in [0.2, 0.25) is 5.89 Å². The zero-order chi connectivity index (χ0) is 12.4. The van der Waals surface area contributed by atoms with Gasteiger partial charge in [-0.3, -0.25) is 9.11 Å². The molecule has 0 spiro atoms. The fraction of sp³-hybridized carbons (Fsp3) is 0.818. The van der Waals surface area contributed by atoms with E-state index in [0.717, 1.165) is 11.7 Å². The van der Waals surface area contributed by atoms with Gasteiger partial charge in [0.1, 0.15) is 0 Å². The van der Waals surface area contributed by atoms with Gasteiger partial charge in [-0.25, -0.2) is 0 Å². The summed E-state index contributed by atoms with van der Waals surface area (Å²) in [6.07, 6.45) is 4.06. The van der Waals surface area contributed by atoms with Crippen molar-refractivity contribution < 1.29 is 8.73 Å². The second kappa shape index (κ2) is 5.27. The van der Waals surface area contributed by atoms with Crippen LogP contribution in [0.5, 0.6) is 0 Å². The summed E-state index contributed by atoms with van der Waals surface area (Å²) in [4.78, 5) is 6.48. The van der Waals surface area contributed by atoms with Crippen molar-refractivity contribution in [3.05, 3.63) is 11.7 Å². The molecular formula is C11H19N3O2S. The van der Waals surface area contributed by atoms with E-state index in [1.165, 1.54) is 12.8 Å². The van der Waals surface area contributed by atoms with Gasteiger partial charge in [-0.1, -0.05) is 5.16 Å². The third-order valence-electron chi connectivity index (χ3n) is 3.03. The molecule has 2 rings (SSSR count). The summed E-state index contributed by atoms with van der Waals surface area (Å²) in [5.41, 5.74) is 0. The molecule has 1 aliphatic carbocycles. The predicted molar refractivity (Wildman–Crippen MR) is 66.1 cm³/mol. The third kappa shape index (κ3) is 3.61. The van der Waals surface area contributed by atoms with Crippen LogP contribution in [0.3, 0.4) is 0 Å². The summed E-state index contributed by atoms with van der Waals surface area (Å²) in [6.45, 7) is 2.71. The van der Waals surface area contributed by atoms with Crippen molar-refractivity contribution in [3.63, 3.8) is 0 Å². The number of rotatable bonds is 6. The average molecular weight is 257 g/mol. The summed E-state index contributed by atoms with van der Waals surface area (Å²) in [5, 5.41) is 3.98. The zero-order valence-corrected chi connectivity index (χ0v) is 11.4. The van der Waals surface area contributed by atoms with Gasteiger partial charge in [-0.15, -0.1) is 0 Å². The van der Waals surface area contributed by atoms with Gasteiger partial charge >= 0.3 is 0 Å². The molecule has 0 bridgehead atoms. The fourth-order valence-corrected chi connectivity index (χ4v) is 2.61. The van der Waals surface area contributed by atoms with Gasteiger partial charge in [-0.2, -0.15) is 4.98 Å². The van der Waals surface area contributed by atoms with Gasteiger partial charge in [0.05, 0.1) is 6.54 Å². The van der Waals surface area contributed by atoms with Crippen molar-refractivity contribution in [2.45, 2.75) is 38.3 Å². The molecule has 96 valence electrons. The van der Waals surface area contributed by atoms with Crippen LogP contribution in [0.25, 0.3) is 0 Å². The maximum Gasteiger partial charge on any atom is 0.229 e. The van der Waals surface area contributed by atoms with Crippen molar-refractivity contribution in [2.75, 3.05) is 19.1 Å². The highest BCUT2D eigenvalue weighted by molar-refractivity contribution is 7.84. The standard InChI is InChI=1S/C11H19N3O2S/c1-8(7-17(3)15)14(2)6-10-12-11(16-13-10)9-4-5-9/h8-9H,4-7H2,1-3H3/t8-,17-/m1/s1. The van der Waals surface area contributed by atoms with Crippen LogP contribution >= 0.6 is 0 Å². The molecule has 0 aliphatic heterocycles. The molecule has 6 heteroatoms. The van der Waals surface area contributed by atoms with Gasteiger partial charge in [0, 0.05) is 34.8 Å². The highest BCUT2D eigenvalue weighted by atomic mass is 32.2. The molecule has 0 amide bonds. The number of aromatic nitrogens is 2. The first kappa shape index (κ1) is 12.7. The molecule has 0 unspecified atom stereocenters. The maximum atomic E-state index is 11.1. The van der Waals surface area contributed by atoms with E-state index in [1.54, 1.807) is 6.26 Å². The molecular weight excluding hydrogens is 238 g/mol. The average Bonchev–Trinajstić information content (AvgIpc) is 2.99. The second-order valence-electron chi connectivity index (χ2n) is 4.83. The lowest BCUT2D eigenvalue weighted by molar-refractivity contribution is 0.256.